The Hall–Kier alpha value is -0.340. The van der Waals surface area contributed by atoms with Gasteiger partial charge in [-0.05, 0) is 13.8 Å². The number of rotatable bonds is 6. The molecule has 14 heavy (non-hydrogen) atoms. The highest BCUT2D eigenvalue weighted by Gasteiger charge is 2.21. The predicted molar refractivity (Wildman–Crippen MR) is 60.4 cm³/mol. The molecule has 0 N–H and O–H groups in total. The van der Waals surface area contributed by atoms with Gasteiger partial charge in [-0.1, -0.05) is 25.5 Å². The van der Waals surface area contributed by atoms with E-state index in [-0.39, 0.29) is 6.10 Å². The van der Waals surface area contributed by atoms with E-state index in [1.165, 1.54) is 5.57 Å². The van der Waals surface area contributed by atoms with E-state index in [0.29, 0.717) is 11.8 Å². The summed E-state index contributed by atoms with van der Waals surface area (Å²) in [5.74, 6) is 0.866. The summed E-state index contributed by atoms with van der Waals surface area (Å²) < 4.78 is 10.6. The fraction of sp³-hybridized carbons (Fsp3) is 0.833. The Bertz CT molecular complexity index is 171. The van der Waals surface area contributed by atoms with Crippen molar-refractivity contribution < 1.29 is 9.47 Å². The van der Waals surface area contributed by atoms with Gasteiger partial charge >= 0.3 is 0 Å². The lowest BCUT2D eigenvalue weighted by molar-refractivity contribution is 0.00104. The van der Waals surface area contributed by atoms with Crippen LogP contribution in [-0.2, 0) is 9.47 Å². The molecule has 3 unspecified atom stereocenters. The highest BCUT2D eigenvalue weighted by Crippen LogP contribution is 2.19. The molecule has 0 aromatic carbocycles. The average molecular weight is 200 g/mol. The molecule has 0 aliphatic carbocycles. The van der Waals surface area contributed by atoms with Crippen LogP contribution in [0.1, 0.15) is 27.7 Å². The van der Waals surface area contributed by atoms with Gasteiger partial charge in [-0.3, -0.25) is 0 Å². The zero-order valence-electron chi connectivity index (χ0n) is 10.3. The number of hydrogen-bond acceptors (Lipinski definition) is 2. The van der Waals surface area contributed by atoms with Gasteiger partial charge in [0.05, 0.1) is 12.7 Å². The molecule has 0 aromatic heterocycles. The molecular formula is C12H24O2. The van der Waals surface area contributed by atoms with Gasteiger partial charge in [0.2, 0.25) is 0 Å². The maximum atomic E-state index is 5.50. The van der Waals surface area contributed by atoms with Gasteiger partial charge in [0.25, 0.3) is 0 Å². The maximum absolute atomic E-state index is 5.50. The molecule has 0 fully saturated rings. The lowest BCUT2D eigenvalue weighted by Gasteiger charge is -2.26. The first-order chi connectivity index (χ1) is 6.52. The summed E-state index contributed by atoms with van der Waals surface area (Å²) in [6.45, 7) is 9.33. The molecule has 0 rings (SSSR count). The molecule has 0 bridgehead atoms. The van der Waals surface area contributed by atoms with E-state index in [4.69, 9.17) is 9.47 Å². The average Bonchev–Trinajstić information content (AvgIpc) is 2.04. The van der Waals surface area contributed by atoms with Crippen molar-refractivity contribution in [1.29, 1.82) is 0 Å². The SMILES string of the molecule is COCC(C)C(OC)C(C)C=C(C)C. The zero-order valence-corrected chi connectivity index (χ0v) is 10.3. The van der Waals surface area contributed by atoms with E-state index >= 15 is 0 Å². The second kappa shape index (κ2) is 7.02. The van der Waals surface area contributed by atoms with Crippen LogP contribution in [0.25, 0.3) is 0 Å². The van der Waals surface area contributed by atoms with Gasteiger partial charge in [0.15, 0.2) is 0 Å². The van der Waals surface area contributed by atoms with Crippen molar-refractivity contribution in [3.05, 3.63) is 11.6 Å². The lowest BCUT2D eigenvalue weighted by atomic mass is 9.92. The number of allylic oxidation sites excluding steroid dienone is 1. The summed E-state index contributed by atoms with van der Waals surface area (Å²) in [5, 5.41) is 0. The summed E-state index contributed by atoms with van der Waals surface area (Å²) in [6, 6.07) is 0. The molecular weight excluding hydrogens is 176 g/mol. The topological polar surface area (TPSA) is 18.5 Å². The van der Waals surface area contributed by atoms with Crippen molar-refractivity contribution in [3.8, 4) is 0 Å². The van der Waals surface area contributed by atoms with Gasteiger partial charge < -0.3 is 9.47 Å². The van der Waals surface area contributed by atoms with Gasteiger partial charge in [0, 0.05) is 26.1 Å². The molecule has 3 atom stereocenters. The van der Waals surface area contributed by atoms with Crippen molar-refractivity contribution in [3.63, 3.8) is 0 Å². The Labute approximate surface area is 88.3 Å². The number of hydrogen-bond donors (Lipinski definition) is 0. The molecule has 84 valence electrons. The number of methoxy groups -OCH3 is 2. The molecule has 0 saturated heterocycles. The van der Waals surface area contributed by atoms with Crippen LogP contribution in [0.4, 0.5) is 0 Å². The monoisotopic (exact) mass is 200 g/mol. The van der Waals surface area contributed by atoms with Crippen LogP contribution in [0.2, 0.25) is 0 Å². The second-order valence-corrected chi connectivity index (χ2v) is 4.24. The summed E-state index contributed by atoms with van der Waals surface area (Å²) in [7, 11) is 3.50. The zero-order chi connectivity index (χ0) is 11.1. The minimum Gasteiger partial charge on any atom is -0.384 e. The van der Waals surface area contributed by atoms with Crippen LogP contribution in [0.15, 0.2) is 11.6 Å². The molecule has 0 aliphatic rings. The molecule has 0 radical (unpaired) electrons. The third-order valence-corrected chi connectivity index (χ3v) is 2.38. The van der Waals surface area contributed by atoms with Crippen LogP contribution in [0.5, 0.6) is 0 Å². The molecule has 0 amide bonds. The van der Waals surface area contributed by atoms with Gasteiger partial charge in [-0.25, -0.2) is 0 Å². The standard InChI is InChI=1S/C12H24O2/c1-9(2)7-10(3)12(14-6)11(4)8-13-5/h7,10-12H,8H2,1-6H3. The smallest absolute Gasteiger partial charge is 0.0678 e. The van der Waals surface area contributed by atoms with E-state index in [1.807, 2.05) is 0 Å². The molecule has 2 heteroatoms. The first-order valence-corrected chi connectivity index (χ1v) is 5.19. The van der Waals surface area contributed by atoms with Crippen LogP contribution in [-0.4, -0.2) is 26.9 Å². The van der Waals surface area contributed by atoms with E-state index in [1.54, 1.807) is 14.2 Å². The minimum atomic E-state index is 0.241. The fourth-order valence-electron chi connectivity index (χ4n) is 1.94. The van der Waals surface area contributed by atoms with Crippen molar-refractivity contribution in [2.45, 2.75) is 33.8 Å². The first-order valence-electron chi connectivity index (χ1n) is 5.19. The third kappa shape index (κ3) is 4.77. The largest absolute Gasteiger partial charge is 0.384 e. The summed E-state index contributed by atoms with van der Waals surface area (Å²) >= 11 is 0. The first kappa shape index (κ1) is 13.7. The minimum absolute atomic E-state index is 0.241. The summed E-state index contributed by atoms with van der Waals surface area (Å²) in [5.41, 5.74) is 1.34. The fourth-order valence-corrected chi connectivity index (χ4v) is 1.94. The summed E-state index contributed by atoms with van der Waals surface area (Å²) in [4.78, 5) is 0. The lowest BCUT2D eigenvalue weighted by Crippen LogP contribution is -2.29. The Morgan fingerprint density at radius 1 is 1.21 bits per heavy atom. The Morgan fingerprint density at radius 3 is 2.14 bits per heavy atom. The Kier molecular flexibility index (Phi) is 6.85. The van der Waals surface area contributed by atoms with E-state index in [9.17, 15) is 0 Å². The highest BCUT2D eigenvalue weighted by atomic mass is 16.5. The normalized spacial score (nSPS) is 17.3. The Balaban J connectivity index is 4.31. The van der Waals surface area contributed by atoms with Crippen LogP contribution >= 0.6 is 0 Å². The summed E-state index contributed by atoms with van der Waals surface area (Å²) in [6.07, 6.45) is 2.49. The maximum Gasteiger partial charge on any atom is 0.0678 e. The third-order valence-electron chi connectivity index (χ3n) is 2.38. The molecule has 0 aliphatic heterocycles. The molecule has 0 aromatic rings. The van der Waals surface area contributed by atoms with E-state index < -0.39 is 0 Å². The second-order valence-electron chi connectivity index (χ2n) is 4.24. The van der Waals surface area contributed by atoms with Gasteiger partial charge in [-0.2, -0.15) is 0 Å². The highest BCUT2D eigenvalue weighted by molar-refractivity contribution is 4.99. The van der Waals surface area contributed by atoms with Gasteiger partial charge in [-0.15, -0.1) is 0 Å². The van der Waals surface area contributed by atoms with Crippen molar-refractivity contribution in [2.75, 3.05) is 20.8 Å². The van der Waals surface area contributed by atoms with Crippen molar-refractivity contribution in [1.82, 2.24) is 0 Å². The molecule has 0 spiro atoms. The van der Waals surface area contributed by atoms with E-state index in [2.05, 4.69) is 33.8 Å². The van der Waals surface area contributed by atoms with Crippen molar-refractivity contribution >= 4 is 0 Å². The quantitative estimate of drug-likeness (QED) is 0.614. The van der Waals surface area contributed by atoms with Crippen LogP contribution in [0.3, 0.4) is 0 Å². The van der Waals surface area contributed by atoms with Crippen LogP contribution in [0, 0.1) is 11.8 Å². The number of ether oxygens (including phenoxy) is 2. The van der Waals surface area contributed by atoms with Crippen molar-refractivity contribution in [2.24, 2.45) is 11.8 Å². The molecule has 0 saturated carbocycles. The molecule has 2 nitrogen and oxygen atoms in total. The Morgan fingerprint density at radius 2 is 1.79 bits per heavy atom. The molecule has 0 heterocycles. The van der Waals surface area contributed by atoms with Crippen LogP contribution < -0.4 is 0 Å². The van der Waals surface area contributed by atoms with Gasteiger partial charge in [0.1, 0.15) is 0 Å². The van der Waals surface area contributed by atoms with E-state index in [0.717, 1.165) is 6.61 Å². The predicted octanol–water partition coefficient (Wildman–Crippen LogP) is 2.89.